The van der Waals surface area contributed by atoms with Gasteiger partial charge in [0.25, 0.3) is 5.56 Å². The van der Waals surface area contributed by atoms with Gasteiger partial charge < -0.3 is 20.1 Å². The van der Waals surface area contributed by atoms with E-state index in [1.54, 1.807) is 31.0 Å². The third-order valence-electron chi connectivity index (χ3n) is 7.07. The first-order chi connectivity index (χ1) is 14.9. The van der Waals surface area contributed by atoms with Crippen LogP contribution in [-0.4, -0.2) is 59.2 Å². The Kier molecular flexibility index (Phi) is 4.82. The summed E-state index contributed by atoms with van der Waals surface area (Å²) in [5.74, 6) is 1.22. The number of nitrogens with two attached hydrogens (primary N) is 1. The molecule has 9 nitrogen and oxygen atoms in total. The summed E-state index contributed by atoms with van der Waals surface area (Å²) in [5, 5.41) is 0. The molecule has 2 saturated heterocycles. The molecule has 164 valence electrons. The van der Waals surface area contributed by atoms with Crippen molar-refractivity contribution in [2.24, 2.45) is 23.2 Å². The second kappa shape index (κ2) is 7.42. The van der Waals surface area contributed by atoms with Crippen molar-refractivity contribution < 1.29 is 9.47 Å². The number of ether oxygens (including phenoxy) is 2. The molecule has 0 unspecified atom stereocenters. The first-order valence-corrected chi connectivity index (χ1v) is 10.7. The van der Waals surface area contributed by atoms with Crippen molar-refractivity contribution in [1.82, 2.24) is 14.5 Å². The highest BCUT2D eigenvalue weighted by Gasteiger charge is 2.48. The van der Waals surface area contributed by atoms with Crippen LogP contribution in [0.1, 0.15) is 36.6 Å². The maximum absolute atomic E-state index is 13.3. The first-order valence-electron chi connectivity index (χ1n) is 10.7. The zero-order chi connectivity index (χ0) is 21.8. The van der Waals surface area contributed by atoms with Gasteiger partial charge >= 0.3 is 0 Å². The Morgan fingerprint density at radius 2 is 2.06 bits per heavy atom. The molecule has 1 spiro atoms. The van der Waals surface area contributed by atoms with E-state index in [0.717, 1.165) is 37.2 Å². The Morgan fingerprint density at radius 1 is 1.29 bits per heavy atom. The van der Waals surface area contributed by atoms with Crippen LogP contribution in [0.25, 0.3) is 0 Å². The third kappa shape index (κ3) is 3.14. The molecule has 5 rings (SSSR count). The zero-order valence-electron chi connectivity index (χ0n) is 18.2. The fraction of sp³-hybridized carbons (Fsp3) is 0.545. The summed E-state index contributed by atoms with van der Waals surface area (Å²) in [6.45, 7) is 4.77. The van der Waals surface area contributed by atoms with Gasteiger partial charge in [-0.3, -0.25) is 14.4 Å². The van der Waals surface area contributed by atoms with Gasteiger partial charge in [0.1, 0.15) is 0 Å². The standard InChI is InChI=1S/C22H28N6O3/c1-13-19(23)22(12-31-13)6-8-28(9-7-22)21-26-15-11-25-18(17(15)20(29)27(21)2)14-4-5-16(30-3)24-10-14/h4-5,10,13,19H,6-9,11-12,23H2,1-3H3/t13-,19+/m0/s1. The van der Waals surface area contributed by atoms with Crippen LogP contribution < -0.4 is 20.9 Å². The van der Waals surface area contributed by atoms with Crippen LogP contribution in [0.2, 0.25) is 0 Å². The number of hydrogen-bond acceptors (Lipinski definition) is 8. The van der Waals surface area contributed by atoms with Crippen molar-refractivity contribution in [3.8, 4) is 5.88 Å². The van der Waals surface area contributed by atoms with E-state index in [4.69, 9.17) is 20.2 Å². The van der Waals surface area contributed by atoms with Gasteiger partial charge in [0.2, 0.25) is 11.8 Å². The minimum absolute atomic E-state index is 0.0309. The molecule has 2 atom stereocenters. The molecule has 2 aromatic heterocycles. The van der Waals surface area contributed by atoms with Crippen LogP contribution in [0, 0.1) is 5.41 Å². The van der Waals surface area contributed by atoms with Gasteiger partial charge in [0.15, 0.2) is 0 Å². The maximum atomic E-state index is 13.3. The normalized spacial score (nSPS) is 24.4. The number of hydrogen-bond donors (Lipinski definition) is 1. The number of aromatic nitrogens is 3. The second-order valence-electron chi connectivity index (χ2n) is 8.74. The topological polar surface area (TPSA) is 108 Å². The number of methoxy groups -OCH3 is 1. The van der Waals surface area contributed by atoms with E-state index in [2.05, 4.69) is 14.9 Å². The summed E-state index contributed by atoms with van der Waals surface area (Å²) < 4.78 is 12.6. The van der Waals surface area contributed by atoms with Crippen LogP contribution in [0.3, 0.4) is 0 Å². The van der Waals surface area contributed by atoms with E-state index in [1.807, 2.05) is 13.0 Å². The monoisotopic (exact) mass is 424 g/mol. The van der Waals surface area contributed by atoms with Crippen LogP contribution >= 0.6 is 0 Å². The van der Waals surface area contributed by atoms with Crippen molar-refractivity contribution in [3.05, 3.63) is 45.5 Å². The largest absolute Gasteiger partial charge is 0.481 e. The van der Waals surface area contributed by atoms with Crippen LogP contribution in [0.5, 0.6) is 5.88 Å². The highest BCUT2D eigenvalue weighted by atomic mass is 16.5. The molecule has 0 bridgehead atoms. The first kappa shape index (κ1) is 20.1. The molecule has 0 amide bonds. The van der Waals surface area contributed by atoms with Crippen LogP contribution in [0.4, 0.5) is 5.95 Å². The summed E-state index contributed by atoms with van der Waals surface area (Å²) in [5.41, 5.74) is 9.11. The Labute approximate surface area is 180 Å². The van der Waals surface area contributed by atoms with Gasteiger partial charge in [-0.2, -0.15) is 0 Å². The Balaban J connectivity index is 1.41. The molecule has 9 heteroatoms. The smallest absolute Gasteiger partial charge is 0.264 e. The SMILES string of the molecule is COc1ccc(C2=NCc3nc(N4CCC5(CC4)CO[C@@H](C)[C@H]5N)n(C)c(=O)c32)cn1. The maximum Gasteiger partial charge on any atom is 0.264 e. The molecule has 0 saturated carbocycles. The van der Waals surface area contributed by atoms with Gasteiger partial charge in [-0.05, 0) is 25.8 Å². The number of fused-ring (bicyclic) bond motifs is 1. The van der Waals surface area contributed by atoms with Crippen molar-refractivity contribution in [2.45, 2.75) is 38.5 Å². The number of nitrogens with zero attached hydrogens (tertiary/aromatic N) is 5. The lowest BCUT2D eigenvalue weighted by atomic mass is 9.73. The number of aliphatic imine (C=N–C) groups is 1. The predicted molar refractivity (Wildman–Crippen MR) is 117 cm³/mol. The van der Waals surface area contributed by atoms with E-state index in [9.17, 15) is 4.79 Å². The molecule has 5 heterocycles. The zero-order valence-corrected chi connectivity index (χ0v) is 18.2. The van der Waals surface area contributed by atoms with Crippen molar-refractivity contribution >= 4 is 11.7 Å². The van der Waals surface area contributed by atoms with E-state index in [0.29, 0.717) is 36.3 Å². The lowest BCUT2D eigenvalue weighted by Crippen LogP contribution is -2.51. The van der Waals surface area contributed by atoms with Crippen LogP contribution in [0.15, 0.2) is 28.1 Å². The summed E-state index contributed by atoms with van der Waals surface area (Å²) >= 11 is 0. The quantitative estimate of drug-likeness (QED) is 0.779. The summed E-state index contributed by atoms with van der Waals surface area (Å²) in [6, 6.07) is 3.69. The van der Waals surface area contributed by atoms with E-state index in [-0.39, 0.29) is 23.1 Å². The Hall–Kier alpha value is -2.78. The van der Waals surface area contributed by atoms with E-state index < -0.39 is 0 Å². The van der Waals surface area contributed by atoms with Crippen LogP contribution in [-0.2, 0) is 18.3 Å². The highest BCUT2D eigenvalue weighted by molar-refractivity contribution is 6.14. The molecule has 3 aliphatic heterocycles. The molecule has 0 aromatic carbocycles. The van der Waals surface area contributed by atoms with Crippen molar-refractivity contribution in [1.29, 1.82) is 0 Å². The summed E-state index contributed by atoms with van der Waals surface area (Å²) in [7, 11) is 3.35. The number of pyridine rings is 1. The lowest BCUT2D eigenvalue weighted by Gasteiger charge is -2.41. The van der Waals surface area contributed by atoms with E-state index >= 15 is 0 Å². The number of anilines is 1. The predicted octanol–water partition coefficient (Wildman–Crippen LogP) is 0.868. The summed E-state index contributed by atoms with van der Waals surface area (Å²) in [6.07, 6.45) is 3.64. The number of piperidine rings is 1. The fourth-order valence-electron chi connectivity index (χ4n) is 5.00. The molecule has 2 aromatic rings. The van der Waals surface area contributed by atoms with Gasteiger partial charge in [-0.15, -0.1) is 0 Å². The molecular formula is C22H28N6O3. The van der Waals surface area contributed by atoms with Gasteiger partial charge in [-0.25, -0.2) is 9.97 Å². The van der Waals surface area contributed by atoms with Gasteiger partial charge in [0, 0.05) is 49.4 Å². The van der Waals surface area contributed by atoms with E-state index in [1.165, 1.54) is 0 Å². The minimum Gasteiger partial charge on any atom is -0.481 e. The fourth-order valence-corrected chi connectivity index (χ4v) is 5.00. The van der Waals surface area contributed by atoms with Crippen molar-refractivity contribution in [3.63, 3.8) is 0 Å². The van der Waals surface area contributed by atoms with Gasteiger partial charge in [0.05, 0.1) is 43.3 Å². The molecule has 31 heavy (non-hydrogen) atoms. The average Bonchev–Trinajstić information content (AvgIpc) is 3.34. The van der Waals surface area contributed by atoms with Crippen molar-refractivity contribution in [2.75, 3.05) is 31.7 Å². The molecule has 2 N–H and O–H groups in total. The molecule has 2 fully saturated rings. The van der Waals surface area contributed by atoms with Gasteiger partial charge in [-0.1, -0.05) is 0 Å². The Bertz CT molecular complexity index is 1090. The molecular weight excluding hydrogens is 396 g/mol. The minimum atomic E-state index is -0.0816. The molecule has 3 aliphatic rings. The summed E-state index contributed by atoms with van der Waals surface area (Å²) in [4.78, 5) is 29.2. The Morgan fingerprint density at radius 3 is 2.68 bits per heavy atom. The molecule has 0 radical (unpaired) electrons. The second-order valence-corrected chi connectivity index (χ2v) is 8.74. The number of rotatable bonds is 3. The lowest BCUT2D eigenvalue weighted by molar-refractivity contribution is 0.0973. The molecule has 0 aliphatic carbocycles. The highest BCUT2D eigenvalue weighted by Crippen LogP contribution is 2.41. The average molecular weight is 425 g/mol. The third-order valence-corrected chi connectivity index (χ3v) is 7.07.